The minimum atomic E-state index is -1.44. The zero-order chi connectivity index (χ0) is 32.0. The number of hydrogen-bond acceptors (Lipinski definition) is 14. The second-order valence-corrected chi connectivity index (χ2v) is 10.2. The van der Waals surface area contributed by atoms with Crippen molar-refractivity contribution < 1.29 is 50.0 Å². The van der Waals surface area contributed by atoms with E-state index in [0.717, 1.165) is 10.8 Å². The second kappa shape index (κ2) is 14.9. The van der Waals surface area contributed by atoms with E-state index in [2.05, 4.69) is 25.9 Å². The summed E-state index contributed by atoms with van der Waals surface area (Å²) in [6.45, 7) is -1.31. The number of carbonyl (C=O) groups is 1. The molecule has 2 aromatic heterocycles. The average Bonchev–Trinajstić information content (AvgIpc) is 3.41. The van der Waals surface area contributed by atoms with E-state index in [0.29, 0.717) is 0 Å². The molecular weight excluding hydrogens is 647 g/mol. The molecule has 43 heavy (non-hydrogen) atoms. The molecule has 4 rings (SSSR count). The van der Waals surface area contributed by atoms with Gasteiger partial charge in [0.15, 0.2) is 6.23 Å². The van der Waals surface area contributed by atoms with Crippen LogP contribution < -0.4 is 22.1 Å². The zero-order valence-corrected chi connectivity index (χ0v) is 23.9. The molecule has 0 bridgehead atoms. The molecule has 2 aliphatic heterocycles. The first-order valence-corrected chi connectivity index (χ1v) is 13.4. The average molecular weight is 677 g/mol. The number of aliphatic hydroxyl groups is 6. The molecule has 0 unspecified atom stereocenters. The number of aromatic nitrogens is 4. The van der Waals surface area contributed by atoms with Crippen molar-refractivity contribution in [3.8, 4) is 6.07 Å². The van der Waals surface area contributed by atoms with Gasteiger partial charge in [-0.3, -0.25) is 14.3 Å². The number of ether oxygens (including phenoxy) is 2. The summed E-state index contributed by atoms with van der Waals surface area (Å²) in [4.78, 5) is 50.1. The van der Waals surface area contributed by atoms with Crippen LogP contribution >= 0.6 is 0 Å². The first-order chi connectivity index (χ1) is 20.3. The molecule has 8 atom stereocenters. The van der Waals surface area contributed by atoms with Gasteiger partial charge in [-0.15, -0.1) is 0 Å². The monoisotopic (exact) mass is 678 g/mol. The van der Waals surface area contributed by atoms with E-state index in [9.17, 15) is 39.6 Å². The van der Waals surface area contributed by atoms with Crippen LogP contribution in [0.2, 0.25) is 0 Å². The van der Waals surface area contributed by atoms with Crippen molar-refractivity contribution in [1.29, 1.82) is 5.26 Å². The topological polar surface area (TPSA) is 306 Å². The van der Waals surface area contributed by atoms with Gasteiger partial charge in [-0.2, -0.15) is 5.26 Å². The minimum absolute atomic E-state index is 0.00326. The SMILES string of the molecule is N#CCc1cn([C@@H]2O[C@H](CO)[C@@H](O)[C@H]2O)c(=O)[nH]c1=O.O=C(O)CNCc1cn([C@@H]2O[C@H](CO)[C@@H](O)[C@H]2O)c(=[Se])[nH]c1=O. The fourth-order valence-electron chi connectivity index (χ4n) is 4.29. The Morgan fingerprint density at radius 3 is 1.91 bits per heavy atom. The van der Waals surface area contributed by atoms with Gasteiger partial charge in [-0.1, -0.05) is 0 Å². The van der Waals surface area contributed by atoms with Crippen molar-refractivity contribution in [3.05, 3.63) is 59.0 Å². The summed E-state index contributed by atoms with van der Waals surface area (Å²) in [5, 5.41) is 77.2. The molecule has 19 nitrogen and oxygen atoms in total. The summed E-state index contributed by atoms with van der Waals surface area (Å²) >= 11 is 2.62. The molecule has 20 heteroatoms. The van der Waals surface area contributed by atoms with Crippen LogP contribution in [0.15, 0.2) is 26.8 Å². The van der Waals surface area contributed by atoms with Gasteiger partial charge in [0.05, 0.1) is 19.1 Å². The van der Waals surface area contributed by atoms with Crippen LogP contribution in [0.25, 0.3) is 0 Å². The number of nitrogens with one attached hydrogen (secondary N) is 3. The van der Waals surface area contributed by atoms with Gasteiger partial charge in [0.2, 0.25) is 0 Å². The van der Waals surface area contributed by atoms with Gasteiger partial charge >= 0.3 is 143 Å². The predicted octanol–water partition coefficient (Wildman–Crippen LogP) is -6.12. The second-order valence-electron chi connectivity index (χ2n) is 9.43. The van der Waals surface area contributed by atoms with Crippen LogP contribution in [0.1, 0.15) is 23.6 Å². The number of aliphatic carboxylic acids is 1. The van der Waals surface area contributed by atoms with Crippen molar-refractivity contribution in [2.24, 2.45) is 0 Å². The third-order valence-corrected chi connectivity index (χ3v) is 7.18. The van der Waals surface area contributed by atoms with Crippen molar-refractivity contribution in [2.45, 2.75) is 62.0 Å². The summed E-state index contributed by atoms with van der Waals surface area (Å²) in [5.41, 5.74) is -1.71. The predicted molar refractivity (Wildman–Crippen MR) is 140 cm³/mol. The molecule has 236 valence electrons. The van der Waals surface area contributed by atoms with Crippen LogP contribution in [-0.2, 0) is 27.2 Å². The fraction of sp³-hybridized carbons (Fsp3) is 0.565. The summed E-state index contributed by atoms with van der Waals surface area (Å²) < 4.78 is 13.1. The van der Waals surface area contributed by atoms with Gasteiger partial charge < -0.3 is 20.1 Å². The van der Waals surface area contributed by atoms with E-state index in [1.807, 2.05) is 4.98 Å². The quantitative estimate of drug-likeness (QED) is 0.110. The number of aromatic amines is 2. The van der Waals surface area contributed by atoms with E-state index < -0.39 is 85.1 Å². The van der Waals surface area contributed by atoms with Gasteiger partial charge in [0, 0.05) is 11.8 Å². The zero-order valence-electron chi connectivity index (χ0n) is 22.1. The van der Waals surface area contributed by atoms with Gasteiger partial charge in [-0.05, 0) is 0 Å². The number of carboxylic acids is 1. The summed E-state index contributed by atoms with van der Waals surface area (Å²) in [7, 11) is 0. The summed E-state index contributed by atoms with van der Waals surface area (Å²) in [6, 6.07) is 1.77. The maximum atomic E-state index is 11.9. The molecular formula is C23H30N6O13Se. The van der Waals surface area contributed by atoms with Crippen molar-refractivity contribution in [1.82, 2.24) is 24.4 Å². The maximum absolute atomic E-state index is 11.9. The molecule has 0 radical (unpaired) electrons. The molecule has 0 saturated carbocycles. The van der Waals surface area contributed by atoms with Gasteiger partial charge in [0.1, 0.15) is 18.3 Å². The Morgan fingerprint density at radius 1 is 0.907 bits per heavy atom. The molecule has 0 spiro atoms. The molecule has 4 heterocycles. The van der Waals surface area contributed by atoms with Crippen LogP contribution in [0, 0.1) is 15.7 Å². The molecule has 10 N–H and O–H groups in total. The summed E-state index contributed by atoms with van der Waals surface area (Å²) in [6.07, 6.45) is -7.32. The molecule has 0 aromatic carbocycles. The normalized spacial score (nSPS) is 28.2. The van der Waals surface area contributed by atoms with E-state index in [1.165, 1.54) is 10.8 Å². The fourth-order valence-corrected chi connectivity index (χ4v) is 4.82. The van der Waals surface area contributed by atoms with Crippen LogP contribution in [-0.4, -0.2) is 133 Å². The number of nitriles is 1. The molecule has 2 aromatic rings. The number of aliphatic hydroxyl groups excluding tert-OH is 6. The Kier molecular flexibility index (Phi) is 11.9. The van der Waals surface area contributed by atoms with Crippen molar-refractivity contribution in [2.75, 3.05) is 19.8 Å². The van der Waals surface area contributed by atoms with Crippen LogP contribution in [0.4, 0.5) is 0 Å². The van der Waals surface area contributed by atoms with Gasteiger partial charge in [0.25, 0.3) is 5.56 Å². The molecule has 0 aliphatic carbocycles. The van der Waals surface area contributed by atoms with Crippen LogP contribution in [0.3, 0.4) is 0 Å². The van der Waals surface area contributed by atoms with E-state index in [4.69, 9.17) is 30.1 Å². The van der Waals surface area contributed by atoms with E-state index in [1.54, 1.807) is 6.07 Å². The Morgan fingerprint density at radius 2 is 1.42 bits per heavy atom. The first kappa shape index (κ1) is 34.2. The third kappa shape index (κ3) is 7.80. The Balaban J connectivity index is 0.000000238. The number of rotatable bonds is 9. The number of carboxylic acid groups (broad SMARTS) is 1. The Bertz CT molecular complexity index is 1560. The van der Waals surface area contributed by atoms with Crippen LogP contribution in [0.5, 0.6) is 0 Å². The Hall–Kier alpha value is -3.32. The first-order valence-electron chi connectivity index (χ1n) is 12.6. The Labute approximate surface area is 248 Å². The number of H-pyrrole nitrogens is 2. The number of nitrogens with zero attached hydrogens (tertiary/aromatic N) is 3. The number of hydrogen-bond donors (Lipinski definition) is 10. The molecule has 0 amide bonds. The summed E-state index contributed by atoms with van der Waals surface area (Å²) in [5.74, 6) is -1.06. The van der Waals surface area contributed by atoms with Crippen molar-refractivity contribution in [3.63, 3.8) is 0 Å². The van der Waals surface area contributed by atoms with Crippen molar-refractivity contribution >= 4 is 21.5 Å². The third-order valence-electron chi connectivity index (χ3n) is 6.53. The standard InChI is InChI=1S/C12H17N3O7Se.C11H13N3O6/c16-4-6-8(19)9(20)11(22-6)15-3-5(1-13-2-7(17)18)10(21)14-12(15)23;12-2-1-5-3-14(11(19)13-9(5)18)10-8(17)7(16)6(4-15)20-10/h3,6,8-9,11,13,16,19-20H,1-2,4H2,(H,17,18)(H,14,21,23);3,6-8,10,15-17H,1,4H2,(H,13,18,19)/t6-,8-,9-,11-;6-,7-,8-,10-/m11/s1. The molecule has 2 saturated heterocycles. The van der Waals surface area contributed by atoms with E-state index >= 15 is 0 Å². The molecule has 2 fully saturated rings. The molecule has 2 aliphatic rings. The van der Waals surface area contributed by atoms with Gasteiger partial charge in [-0.25, -0.2) is 4.79 Å². The van der Waals surface area contributed by atoms with E-state index in [-0.39, 0.29) is 35.0 Å².